The zero-order valence-corrected chi connectivity index (χ0v) is 13.8. The number of hydrogen-bond acceptors (Lipinski definition) is 3. The Morgan fingerprint density at radius 1 is 1.35 bits per heavy atom. The summed E-state index contributed by atoms with van der Waals surface area (Å²) in [6.07, 6.45) is 0.0918. The SMILES string of the molecule is C[C@@H](CC(=O)Nc1ccccc1)[NH2+]C[C@@H](O)C[NH+]1CCOCC1. The molecule has 1 aromatic carbocycles. The molecule has 6 nitrogen and oxygen atoms in total. The lowest BCUT2D eigenvalue weighted by Crippen LogP contribution is -3.15. The summed E-state index contributed by atoms with van der Waals surface area (Å²) in [5, 5.41) is 15.1. The fourth-order valence-corrected chi connectivity index (χ4v) is 2.78. The molecule has 0 aliphatic carbocycles. The Labute approximate surface area is 137 Å². The largest absolute Gasteiger partial charge is 0.382 e. The third kappa shape index (κ3) is 7.09. The minimum atomic E-state index is -0.345. The normalized spacial score (nSPS) is 18.3. The second-order valence-corrected chi connectivity index (χ2v) is 6.29. The Kier molecular flexibility index (Phi) is 7.48. The van der Waals surface area contributed by atoms with Crippen molar-refractivity contribution in [1.29, 1.82) is 0 Å². The van der Waals surface area contributed by atoms with Gasteiger partial charge in [0.2, 0.25) is 5.91 Å². The minimum Gasteiger partial charge on any atom is -0.382 e. The number of aliphatic hydroxyl groups excluding tert-OH is 1. The molecule has 1 aromatic rings. The zero-order chi connectivity index (χ0) is 16.5. The second kappa shape index (κ2) is 9.62. The summed E-state index contributed by atoms with van der Waals surface area (Å²) < 4.78 is 5.32. The molecule has 0 spiro atoms. The van der Waals surface area contributed by atoms with E-state index >= 15 is 0 Å². The third-order valence-corrected chi connectivity index (χ3v) is 4.10. The minimum absolute atomic E-state index is 0.00763. The van der Waals surface area contributed by atoms with Gasteiger partial charge in [-0.15, -0.1) is 0 Å². The molecule has 1 fully saturated rings. The average molecular weight is 323 g/mol. The van der Waals surface area contributed by atoms with Gasteiger partial charge in [-0.3, -0.25) is 4.79 Å². The number of carbonyl (C=O) groups excluding carboxylic acids is 1. The summed E-state index contributed by atoms with van der Waals surface area (Å²) in [5.41, 5.74) is 0.820. The topological polar surface area (TPSA) is 79.6 Å². The lowest BCUT2D eigenvalue weighted by atomic mass is 10.2. The molecule has 2 rings (SSSR count). The van der Waals surface area contributed by atoms with Crippen molar-refractivity contribution in [2.24, 2.45) is 0 Å². The van der Waals surface area contributed by atoms with Crippen LogP contribution < -0.4 is 15.5 Å². The van der Waals surface area contributed by atoms with Crippen LogP contribution in [0.25, 0.3) is 0 Å². The standard InChI is InChI=1S/C17H27N3O3/c1-14(11-17(22)19-15-5-3-2-4-6-15)18-12-16(21)13-20-7-9-23-10-8-20/h2-6,14,16,18,21H,7-13H2,1H3,(H,19,22)/p+2/t14-,16+/m0/s1. The van der Waals surface area contributed by atoms with Crippen LogP contribution in [0.2, 0.25) is 0 Å². The fourth-order valence-electron chi connectivity index (χ4n) is 2.78. The molecule has 1 amide bonds. The summed E-state index contributed by atoms with van der Waals surface area (Å²) in [6, 6.07) is 9.62. The zero-order valence-electron chi connectivity index (χ0n) is 13.8. The van der Waals surface area contributed by atoms with Crippen molar-refractivity contribution >= 4 is 11.6 Å². The van der Waals surface area contributed by atoms with Crippen LogP contribution in [0.4, 0.5) is 5.69 Å². The maximum atomic E-state index is 12.0. The predicted octanol–water partition coefficient (Wildman–Crippen LogP) is -1.76. The number of ether oxygens (including phenoxy) is 1. The van der Waals surface area contributed by atoms with Gasteiger partial charge in [0.15, 0.2) is 6.10 Å². The molecular formula is C17H29N3O3+2. The van der Waals surface area contributed by atoms with Gasteiger partial charge in [-0.1, -0.05) is 18.2 Å². The van der Waals surface area contributed by atoms with Crippen molar-refractivity contribution in [3.05, 3.63) is 30.3 Å². The summed E-state index contributed by atoms with van der Waals surface area (Å²) in [4.78, 5) is 13.4. The van der Waals surface area contributed by atoms with Gasteiger partial charge in [0.05, 0.1) is 25.7 Å². The van der Waals surface area contributed by atoms with E-state index in [4.69, 9.17) is 4.74 Å². The summed E-state index contributed by atoms with van der Waals surface area (Å²) in [6.45, 7) is 6.88. The van der Waals surface area contributed by atoms with Crippen molar-refractivity contribution in [3.63, 3.8) is 0 Å². The van der Waals surface area contributed by atoms with Crippen LogP contribution >= 0.6 is 0 Å². The van der Waals surface area contributed by atoms with Gasteiger partial charge < -0.3 is 25.4 Å². The number of quaternary nitrogens is 2. The summed E-state index contributed by atoms with van der Waals surface area (Å²) in [5.74, 6) is 0.00763. The van der Waals surface area contributed by atoms with Crippen molar-refractivity contribution in [2.75, 3.05) is 44.7 Å². The number of hydrogen-bond donors (Lipinski definition) is 4. The third-order valence-electron chi connectivity index (χ3n) is 4.10. The molecule has 0 bridgehead atoms. The molecule has 128 valence electrons. The van der Waals surface area contributed by atoms with Crippen LogP contribution in [0.1, 0.15) is 13.3 Å². The van der Waals surface area contributed by atoms with Gasteiger partial charge in [-0.05, 0) is 19.1 Å². The Hall–Kier alpha value is -1.47. The number of aliphatic hydroxyl groups is 1. The highest BCUT2D eigenvalue weighted by atomic mass is 16.5. The maximum Gasteiger partial charge on any atom is 0.230 e. The van der Waals surface area contributed by atoms with Crippen molar-refractivity contribution < 1.29 is 24.9 Å². The molecule has 0 unspecified atom stereocenters. The number of nitrogens with one attached hydrogen (secondary N) is 2. The first-order valence-electron chi connectivity index (χ1n) is 8.41. The van der Waals surface area contributed by atoms with Crippen LogP contribution in [0, 0.1) is 0 Å². The predicted molar refractivity (Wildman–Crippen MR) is 88.3 cm³/mol. The Bertz CT molecular complexity index is 463. The molecule has 1 aliphatic rings. The molecule has 0 radical (unpaired) electrons. The first-order chi connectivity index (χ1) is 11.1. The van der Waals surface area contributed by atoms with Gasteiger partial charge in [0, 0.05) is 5.69 Å². The molecule has 2 atom stereocenters. The number of rotatable bonds is 8. The first kappa shape index (κ1) is 17.9. The van der Waals surface area contributed by atoms with E-state index in [1.807, 2.05) is 37.3 Å². The second-order valence-electron chi connectivity index (χ2n) is 6.29. The molecule has 1 saturated heterocycles. The quantitative estimate of drug-likeness (QED) is 0.458. The van der Waals surface area contributed by atoms with Gasteiger partial charge >= 0.3 is 0 Å². The highest BCUT2D eigenvalue weighted by Crippen LogP contribution is 2.05. The van der Waals surface area contributed by atoms with Crippen molar-refractivity contribution in [3.8, 4) is 0 Å². The van der Waals surface area contributed by atoms with Gasteiger partial charge in [0.1, 0.15) is 26.2 Å². The van der Waals surface area contributed by atoms with E-state index in [2.05, 4.69) is 10.6 Å². The lowest BCUT2D eigenvalue weighted by molar-refractivity contribution is -0.912. The van der Waals surface area contributed by atoms with Gasteiger partial charge in [-0.2, -0.15) is 0 Å². The van der Waals surface area contributed by atoms with E-state index in [0.717, 1.165) is 38.5 Å². The fraction of sp³-hybridized carbons (Fsp3) is 0.588. The first-order valence-corrected chi connectivity index (χ1v) is 8.41. The average Bonchev–Trinajstić information content (AvgIpc) is 2.55. The summed E-state index contributed by atoms with van der Waals surface area (Å²) >= 11 is 0. The Morgan fingerprint density at radius 2 is 2.04 bits per heavy atom. The molecule has 0 aromatic heterocycles. The molecule has 6 heteroatoms. The molecule has 1 heterocycles. The number of anilines is 1. The molecule has 5 N–H and O–H groups in total. The van der Waals surface area contributed by atoms with E-state index in [1.165, 1.54) is 4.90 Å². The summed E-state index contributed by atoms with van der Waals surface area (Å²) in [7, 11) is 0. The number of morpholine rings is 1. The van der Waals surface area contributed by atoms with Crippen LogP contribution in [0.15, 0.2) is 30.3 Å². The number of amides is 1. The van der Waals surface area contributed by atoms with Gasteiger partial charge in [0.25, 0.3) is 0 Å². The van der Waals surface area contributed by atoms with Crippen LogP contribution in [0.5, 0.6) is 0 Å². The number of para-hydroxylation sites is 1. The molecule has 1 aliphatic heterocycles. The smallest absolute Gasteiger partial charge is 0.230 e. The van der Waals surface area contributed by atoms with E-state index in [1.54, 1.807) is 0 Å². The van der Waals surface area contributed by atoms with Crippen molar-refractivity contribution in [2.45, 2.75) is 25.5 Å². The van der Waals surface area contributed by atoms with Gasteiger partial charge in [-0.25, -0.2) is 0 Å². The van der Waals surface area contributed by atoms with E-state index in [-0.39, 0.29) is 18.1 Å². The lowest BCUT2D eigenvalue weighted by Gasteiger charge is -2.25. The number of benzene rings is 1. The molecule has 23 heavy (non-hydrogen) atoms. The number of nitrogens with two attached hydrogens (primary N) is 1. The highest BCUT2D eigenvalue weighted by molar-refractivity contribution is 5.90. The maximum absolute atomic E-state index is 12.0. The van der Waals surface area contributed by atoms with Crippen LogP contribution in [0.3, 0.4) is 0 Å². The number of carbonyl (C=O) groups is 1. The Balaban J connectivity index is 1.61. The van der Waals surface area contributed by atoms with E-state index < -0.39 is 0 Å². The van der Waals surface area contributed by atoms with Crippen LogP contribution in [-0.4, -0.2) is 62.6 Å². The Morgan fingerprint density at radius 3 is 2.74 bits per heavy atom. The monoisotopic (exact) mass is 323 g/mol. The van der Waals surface area contributed by atoms with Crippen molar-refractivity contribution in [1.82, 2.24) is 0 Å². The van der Waals surface area contributed by atoms with E-state index in [0.29, 0.717) is 13.0 Å². The van der Waals surface area contributed by atoms with E-state index in [9.17, 15) is 9.90 Å². The highest BCUT2D eigenvalue weighted by Gasteiger charge is 2.20. The van der Waals surface area contributed by atoms with Crippen LogP contribution in [-0.2, 0) is 9.53 Å². The molecular weight excluding hydrogens is 294 g/mol. The molecule has 0 saturated carbocycles.